The molecule has 1 aromatic rings. The highest BCUT2D eigenvalue weighted by atomic mass is 16.5. The average molecular weight is 277 g/mol. The van der Waals surface area contributed by atoms with Crippen LogP contribution in [0.4, 0.5) is 0 Å². The van der Waals surface area contributed by atoms with Gasteiger partial charge in [-0.1, -0.05) is 13.0 Å². The number of rotatable bonds is 5. The normalized spacial score (nSPS) is 18.2. The summed E-state index contributed by atoms with van der Waals surface area (Å²) < 4.78 is 5.57. The number of benzene rings is 1. The minimum absolute atomic E-state index is 0.178. The Bertz CT molecular complexity index is 504. The zero-order valence-corrected chi connectivity index (χ0v) is 11.5. The first-order valence-electron chi connectivity index (χ1n) is 6.61. The quantitative estimate of drug-likeness (QED) is 0.467. The number of amides is 2. The van der Waals surface area contributed by atoms with Gasteiger partial charge in [0.1, 0.15) is 12.4 Å². The van der Waals surface area contributed by atoms with E-state index in [1.54, 1.807) is 29.2 Å². The Kier molecular flexibility index (Phi) is 4.57. The Labute approximate surface area is 117 Å². The van der Waals surface area contributed by atoms with Crippen molar-refractivity contribution in [3.8, 4) is 5.75 Å². The number of carbonyl (C=O) groups is 2. The number of nitrogens with zero attached hydrogens (tertiary/aromatic N) is 1. The van der Waals surface area contributed by atoms with Crippen LogP contribution in [-0.4, -0.2) is 36.4 Å². The van der Waals surface area contributed by atoms with Crippen molar-refractivity contribution in [3.63, 3.8) is 0 Å². The fraction of sp³-hybridized carbons (Fsp3) is 0.429. The van der Waals surface area contributed by atoms with Crippen LogP contribution in [0.2, 0.25) is 0 Å². The van der Waals surface area contributed by atoms with Gasteiger partial charge in [0.2, 0.25) is 5.91 Å². The Morgan fingerprint density at radius 3 is 3.00 bits per heavy atom. The summed E-state index contributed by atoms with van der Waals surface area (Å²) in [6.45, 7) is 3.83. The summed E-state index contributed by atoms with van der Waals surface area (Å²) in [5, 5.41) is 0. The minimum Gasteiger partial charge on any atom is -0.492 e. The lowest BCUT2D eigenvalue weighted by Crippen LogP contribution is -2.30. The summed E-state index contributed by atoms with van der Waals surface area (Å²) in [6, 6.07) is 6.77. The molecule has 0 bridgehead atoms. The molecule has 2 amide bonds. The van der Waals surface area contributed by atoms with E-state index in [1.165, 1.54) is 0 Å². The molecule has 2 rings (SSSR count). The smallest absolute Gasteiger partial charge is 0.265 e. The molecule has 0 spiro atoms. The predicted octanol–water partition coefficient (Wildman–Crippen LogP) is 0.537. The molecule has 1 atom stereocenters. The summed E-state index contributed by atoms with van der Waals surface area (Å²) in [4.78, 5) is 24.8. The number of nitrogen functional groups attached to an aromatic ring is 1. The van der Waals surface area contributed by atoms with E-state index in [9.17, 15) is 9.59 Å². The summed E-state index contributed by atoms with van der Waals surface area (Å²) >= 11 is 0. The van der Waals surface area contributed by atoms with Crippen LogP contribution < -0.4 is 16.0 Å². The van der Waals surface area contributed by atoms with Gasteiger partial charge < -0.3 is 9.64 Å². The molecule has 1 unspecified atom stereocenters. The highest BCUT2D eigenvalue weighted by Gasteiger charge is 2.25. The van der Waals surface area contributed by atoms with Crippen molar-refractivity contribution in [1.82, 2.24) is 10.3 Å². The largest absolute Gasteiger partial charge is 0.492 e. The van der Waals surface area contributed by atoms with Gasteiger partial charge in [0.15, 0.2) is 0 Å². The molecule has 1 aromatic carbocycles. The van der Waals surface area contributed by atoms with Crippen molar-refractivity contribution >= 4 is 11.8 Å². The molecule has 20 heavy (non-hydrogen) atoms. The van der Waals surface area contributed by atoms with Gasteiger partial charge in [-0.3, -0.25) is 15.0 Å². The zero-order chi connectivity index (χ0) is 14.5. The Hall–Kier alpha value is -2.08. The molecule has 6 heteroatoms. The second-order valence-corrected chi connectivity index (χ2v) is 5.00. The number of ether oxygens (including phenoxy) is 1. The maximum Gasteiger partial charge on any atom is 0.265 e. The second kappa shape index (κ2) is 6.38. The maximum atomic E-state index is 11.6. The fourth-order valence-electron chi connectivity index (χ4n) is 2.27. The third kappa shape index (κ3) is 3.48. The van der Waals surface area contributed by atoms with Gasteiger partial charge in [0.05, 0.1) is 6.54 Å². The lowest BCUT2D eigenvalue weighted by Gasteiger charge is -2.16. The van der Waals surface area contributed by atoms with Crippen LogP contribution in [0.25, 0.3) is 0 Å². The molecule has 108 valence electrons. The van der Waals surface area contributed by atoms with Crippen LogP contribution in [0.5, 0.6) is 5.75 Å². The maximum absolute atomic E-state index is 11.6. The van der Waals surface area contributed by atoms with Gasteiger partial charge in [-0.25, -0.2) is 5.84 Å². The molecule has 0 aliphatic carbocycles. The highest BCUT2D eigenvalue weighted by molar-refractivity contribution is 5.94. The van der Waals surface area contributed by atoms with E-state index in [2.05, 4.69) is 12.3 Å². The molecular formula is C14H19N3O3. The van der Waals surface area contributed by atoms with Gasteiger partial charge in [-0.2, -0.15) is 0 Å². The molecule has 0 aromatic heterocycles. The Morgan fingerprint density at radius 2 is 2.35 bits per heavy atom. The van der Waals surface area contributed by atoms with Crippen LogP contribution in [0.15, 0.2) is 24.3 Å². The molecule has 1 heterocycles. The summed E-state index contributed by atoms with van der Waals surface area (Å²) in [6.07, 6.45) is 0.617. The Balaban J connectivity index is 1.85. The van der Waals surface area contributed by atoms with Crippen molar-refractivity contribution in [2.24, 2.45) is 11.8 Å². The van der Waals surface area contributed by atoms with Crippen molar-refractivity contribution in [3.05, 3.63) is 29.8 Å². The van der Waals surface area contributed by atoms with Crippen molar-refractivity contribution < 1.29 is 14.3 Å². The molecule has 1 saturated heterocycles. The number of hydrogen-bond acceptors (Lipinski definition) is 4. The van der Waals surface area contributed by atoms with Crippen LogP contribution in [0.1, 0.15) is 23.7 Å². The fourth-order valence-corrected chi connectivity index (χ4v) is 2.27. The first kappa shape index (κ1) is 14.3. The molecule has 0 radical (unpaired) electrons. The predicted molar refractivity (Wildman–Crippen MR) is 74.0 cm³/mol. The Morgan fingerprint density at radius 1 is 1.55 bits per heavy atom. The van der Waals surface area contributed by atoms with Crippen molar-refractivity contribution in [1.29, 1.82) is 0 Å². The topological polar surface area (TPSA) is 84.7 Å². The van der Waals surface area contributed by atoms with Crippen molar-refractivity contribution in [2.45, 2.75) is 13.3 Å². The number of carbonyl (C=O) groups excluding carboxylic acids is 2. The molecule has 3 N–H and O–H groups in total. The third-order valence-electron chi connectivity index (χ3n) is 3.27. The minimum atomic E-state index is -0.362. The van der Waals surface area contributed by atoms with E-state index in [0.717, 1.165) is 6.54 Å². The lowest BCUT2D eigenvalue weighted by molar-refractivity contribution is -0.128. The molecular weight excluding hydrogens is 258 g/mol. The molecule has 1 aliphatic heterocycles. The van der Waals surface area contributed by atoms with E-state index in [0.29, 0.717) is 36.8 Å². The standard InChI is InChI=1S/C14H19N3O3/c1-10-7-13(18)17(9-10)5-6-20-12-4-2-3-11(8-12)14(19)16-15/h2-4,8,10H,5-7,9,15H2,1H3,(H,16,19). The molecule has 1 aliphatic rings. The van der Waals surface area contributed by atoms with E-state index < -0.39 is 0 Å². The number of nitrogens with one attached hydrogen (secondary N) is 1. The first-order chi connectivity index (χ1) is 9.60. The zero-order valence-electron chi connectivity index (χ0n) is 11.5. The van der Waals surface area contributed by atoms with Crippen LogP contribution >= 0.6 is 0 Å². The molecule has 6 nitrogen and oxygen atoms in total. The molecule has 0 saturated carbocycles. The highest BCUT2D eigenvalue weighted by Crippen LogP contribution is 2.17. The van der Waals surface area contributed by atoms with Gasteiger partial charge in [0, 0.05) is 18.5 Å². The van der Waals surface area contributed by atoms with E-state index >= 15 is 0 Å². The van der Waals surface area contributed by atoms with E-state index in [-0.39, 0.29) is 11.8 Å². The van der Waals surface area contributed by atoms with Gasteiger partial charge in [0.25, 0.3) is 5.91 Å². The summed E-state index contributed by atoms with van der Waals surface area (Å²) in [7, 11) is 0. The SMILES string of the molecule is CC1CC(=O)N(CCOc2cccc(C(=O)NN)c2)C1. The van der Waals surface area contributed by atoms with Gasteiger partial charge in [-0.15, -0.1) is 0 Å². The summed E-state index contributed by atoms with van der Waals surface area (Å²) in [5.41, 5.74) is 2.51. The second-order valence-electron chi connectivity index (χ2n) is 5.00. The van der Waals surface area contributed by atoms with E-state index in [1.807, 2.05) is 0 Å². The third-order valence-corrected chi connectivity index (χ3v) is 3.27. The lowest BCUT2D eigenvalue weighted by atomic mass is 10.2. The average Bonchev–Trinajstić information content (AvgIpc) is 2.76. The number of nitrogens with two attached hydrogens (primary N) is 1. The van der Waals surface area contributed by atoms with Gasteiger partial charge >= 0.3 is 0 Å². The van der Waals surface area contributed by atoms with Crippen molar-refractivity contribution in [2.75, 3.05) is 19.7 Å². The van der Waals surface area contributed by atoms with Crippen LogP contribution in [-0.2, 0) is 4.79 Å². The van der Waals surface area contributed by atoms with Crippen LogP contribution in [0, 0.1) is 5.92 Å². The van der Waals surface area contributed by atoms with Crippen LogP contribution in [0.3, 0.4) is 0 Å². The summed E-state index contributed by atoms with van der Waals surface area (Å²) in [5.74, 6) is 5.90. The first-order valence-corrected chi connectivity index (χ1v) is 6.61. The number of hydrogen-bond donors (Lipinski definition) is 2. The van der Waals surface area contributed by atoms with E-state index in [4.69, 9.17) is 10.6 Å². The monoisotopic (exact) mass is 277 g/mol. The molecule has 1 fully saturated rings. The number of likely N-dealkylation sites (tertiary alicyclic amines) is 1. The number of hydrazine groups is 1. The van der Waals surface area contributed by atoms with Gasteiger partial charge in [-0.05, 0) is 24.1 Å².